The highest BCUT2D eigenvalue weighted by molar-refractivity contribution is 5.87. The zero-order valence-corrected chi connectivity index (χ0v) is 8.90. The van der Waals surface area contributed by atoms with Crippen LogP contribution in [0, 0.1) is 0 Å². The van der Waals surface area contributed by atoms with Crippen molar-refractivity contribution in [2.45, 2.75) is 13.0 Å². The summed E-state index contributed by atoms with van der Waals surface area (Å²) in [7, 11) is 3.13. The van der Waals surface area contributed by atoms with Gasteiger partial charge in [-0.2, -0.15) is 0 Å². The number of nitrogens with one attached hydrogen (secondary N) is 2. The molecule has 15 heavy (non-hydrogen) atoms. The lowest BCUT2D eigenvalue weighted by Crippen LogP contribution is -2.48. The van der Waals surface area contributed by atoms with Crippen LogP contribution in [-0.4, -0.2) is 54.6 Å². The lowest BCUT2D eigenvalue weighted by atomic mass is 10.3. The Bertz CT molecular complexity index is 265. The van der Waals surface area contributed by atoms with Gasteiger partial charge in [0, 0.05) is 14.1 Å². The second kappa shape index (κ2) is 5.84. The highest BCUT2D eigenvalue weighted by Gasteiger charge is 2.16. The van der Waals surface area contributed by atoms with Gasteiger partial charge >= 0.3 is 12.0 Å². The van der Waals surface area contributed by atoms with Gasteiger partial charge in [-0.3, -0.25) is 9.59 Å². The fourth-order valence-electron chi connectivity index (χ4n) is 0.853. The summed E-state index contributed by atoms with van der Waals surface area (Å²) in [6.45, 7) is 1.04. The Morgan fingerprint density at radius 2 is 1.87 bits per heavy atom. The highest BCUT2D eigenvalue weighted by atomic mass is 16.4. The normalized spacial score (nSPS) is 11.4. The molecule has 7 nitrogen and oxygen atoms in total. The van der Waals surface area contributed by atoms with E-state index in [9.17, 15) is 14.4 Å². The Morgan fingerprint density at radius 1 is 1.33 bits per heavy atom. The number of aliphatic carboxylic acids is 1. The number of rotatable bonds is 4. The Balaban J connectivity index is 3.96. The van der Waals surface area contributed by atoms with E-state index in [1.165, 1.54) is 11.8 Å². The number of carboxylic acid groups (broad SMARTS) is 1. The minimum Gasteiger partial charge on any atom is -0.480 e. The topological polar surface area (TPSA) is 98.7 Å². The fraction of sp³-hybridized carbons (Fsp3) is 0.625. The van der Waals surface area contributed by atoms with E-state index in [0.717, 1.165) is 0 Å². The molecule has 0 rings (SSSR count). The van der Waals surface area contributed by atoms with Gasteiger partial charge in [0.25, 0.3) is 0 Å². The van der Waals surface area contributed by atoms with Crippen LogP contribution in [0.4, 0.5) is 4.79 Å². The van der Waals surface area contributed by atoms with Crippen LogP contribution in [0.15, 0.2) is 0 Å². The second-order valence-corrected chi connectivity index (χ2v) is 3.18. The molecule has 1 atom stereocenters. The molecule has 0 spiro atoms. The van der Waals surface area contributed by atoms with Crippen molar-refractivity contribution < 1.29 is 19.5 Å². The lowest BCUT2D eigenvalue weighted by Gasteiger charge is -2.17. The van der Waals surface area contributed by atoms with Crippen LogP contribution in [0.25, 0.3) is 0 Å². The predicted octanol–water partition coefficient (Wildman–Crippen LogP) is -1.15. The van der Waals surface area contributed by atoms with Gasteiger partial charge < -0.3 is 20.6 Å². The van der Waals surface area contributed by atoms with Gasteiger partial charge in [0.05, 0.1) is 0 Å². The summed E-state index contributed by atoms with van der Waals surface area (Å²) in [4.78, 5) is 33.8. The first-order valence-corrected chi connectivity index (χ1v) is 4.32. The number of hydrogen-bond donors (Lipinski definition) is 3. The molecule has 7 heteroatoms. The third kappa shape index (κ3) is 5.50. The molecular weight excluding hydrogens is 202 g/mol. The maximum atomic E-state index is 11.3. The van der Waals surface area contributed by atoms with Crippen molar-refractivity contribution in [1.29, 1.82) is 0 Å². The first-order valence-electron chi connectivity index (χ1n) is 4.32. The number of nitrogens with zero attached hydrogens (tertiary/aromatic N) is 1. The van der Waals surface area contributed by atoms with E-state index in [1.54, 1.807) is 14.1 Å². The molecule has 1 unspecified atom stereocenters. The molecule has 0 radical (unpaired) electrons. The molecule has 0 aromatic carbocycles. The Labute approximate surface area is 87.4 Å². The molecular formula is C8H15N3O4. The molecule has 86 valence electrons. The molecule has 0 bridgehead atoms. The van der Waals surface area contributed by atoms with Crippen LogP contribution in [0.3, 0.4) is 0 Å². The fourth-order valence-corrected chi connectivity index (χ4v) is 0.853. The second-order valence-electron chi connectivity index (χ2n) is 3.18. The van der Waals surface area contributed by atoms with Gasteiger partial charge in [0.1, 0.15) is 12.6 Å². The maximum absolute atomic E-state index is 11.3. The zero-order valence-electron chi connectivity index (χ0n) is 8.90. The monoisotopic (exact) mass is 217 g/mol. The van der Waals surface area contributed by atoms with E-state index < -0.39 is 24.6 Å². The lowest BCUT2D eigenvalue weighted by molar-refractivity contribution is -0.135. The van der Waals surface area contributed by atoms with E-state index in [-0.39, 0.29) is 5.91 Å². The van der Waals surface area contributed by atoms with Crippen LogP contribution in [0.5, 0.6) is 0 Å². The largest absolute Gasteiger partial charge is 0.480 e. The summed E-state index contributed by atoms with van der Waals surface area (Å²) in [6, 6.07) is -1.37. The summed E-state index contributed by atoms with van der Waals surface area (Å²) in [5.41, 5.74) is 0. The molecule has 0 aromatic heterocycles. The first-order chi connectivity index (χ1) is 6.84. The Hall–Kier alpha value is -1.79. The van der Waals surface area contributed by atoms with Crippen molar-refractivity contribution in [1.82, 2.24) is 15.5 Å². The molecule has 0 saturated heterocycles. The predicted molar refractivity (Wildman–Crippen MR) is 52.3 cm³/mol. The third-order valence-corrected chi connectivity index (χ3v) is 1.56. The SMILES string of the molecule is CC(NC(=O)NCC(=O)O)C(=O)N(C)C. The molecule has 0 aromatic rings. The number of carbonyl (C=O) groups is 3. The van der Waals surface area contributed by atoms with E-state index in [2.05, 4.69) is 10.6 Å². The molecule has 0 aliphatic heterocycles. The van der Waals surface area contributed by atoms with Crippen molar-refractivity contribution >= 4 is 17.9 Å². The molecule has 3 amide bonds. The van der Waals surface area contributed by atoms with Crippen LogP contribution >= 0.6 is 0 Å². The van der Waals surface area contributed by atoms with Crippen molar-refractivity contribution in [2.24, 2.45) is 0 Å². The quantitative estimate of drug-likeness (QED) is 0.553. The van der Waals surface area contributed by atoms with Gasteiger partial charge in [-0.05, 0) is 6.92 Å². The van der Waals surface area contributed by atoms with E-state index in [0.29, 0.717) is 0 Å². The summed E-state index contributed by atoms with van der Waals surface area (Å²) in [6.07, 6.45) is 0. The maximum Gasteiger partial charge on any atom is 0.323 e. The van der Waals surface area contributed by atoms with Crippen LogP contribution < -0.4 is 10.6 Å². The van der Waals surface area contributed by atoms with Gasteiger partial charge in [-0.25, -0.2) is 4.79 Å². The van der Waals surface area contributed by atoms with Crippen molar-refractivity contribution in [3.63, 3.8) is 0 Å². The van der Waals surface area contributed by atoms with Crippen molar-refractivity contribution in [3.8, 4) is 0 Å². The molecule has 0 aliphatic carbocycles. The molecule has 0 aliphatic rings. The zero-order chi connectivity index (χ0) is 12.0. The smallest absolute Gasteiger partial charge is 0.323 e. The standard InChI is InChI=1S/C8H15N3O4/c1-5(7(14)11(2)3)10-8(15)9-4-6(12)13/h5H,4H2,1-3H3,(H,12,13)(H2,9,10,15). The van der Waals surface area contributed by atoms with Gasteiger partial charge in [0.15, 0.2) is 0 Å². The number of hydrogen-bond acceptors (Lipinski definition) is 3. The van der Waals surface area contributed by atoms with Gasteiger partial charge in [-0.15, -0.1) is 0 Å². The number of carboxylic acids is 1. The van der Waals surface area contributed by atoms with Crippen LogP contribution in [0.1, 0.15) is 6.92 Å². The summed E-state index contributed by atoms with van der Waals surface area (Å²) in [5, 5.41) is 12.7. The summed E-state index contributed by atoms with van der Waals surface area (Å²) >= 11 is 0. The third-order valence-electron chi connectivity index (χ3n) is 1.56. The minimum absolute atomic E-state index is 0.263. The number of amides is 3. The van der Waals surface area contributed by atoms with Crippen molar-refractivity contribution in [3.05, 3.63) is 0 Å². The summed E-state index contributed by atoms with van der Waals surface area (Å²) < 4.78 is 0. The number of likely N-dealkylation sites (N-methyl/N-ethyl adjacent to an activating group) is 1. The van der Waals surface area contributed by atoms with Gasteiger partial charge in [0.2, 0.25) is 5.91 Å². The van der Waals surface area contributed by atoms with Crippen molar-refractivity contribution in [2.75, 3.05) is 20.6 Å². The van der Waals surface area contributed by atoms with E-state index in [1.807, 2.05) is 0 Å². The Kier molecular flexibility index (Phi) is 5.14. The molecule has 3 N–H and O–H groups in total. The highest BCUT2D eigenvalue weighted by Crippen LogP contribution is 1.87. The van der Waals surface area contributed by atoms with E-state index in [4.69, 9.17) is 5.11 Å². The van der Waals surface area contributed by atoms with Gasteiger partial charge in [-0.1, -0.05) is 0 Å². The average molecular weight is 217 g/mol. The number of carbonyl (C=O) groups excluding carboxylic acids is 2. The number of urea groups is 1. The van der Waals surface area contributed by atoms with E-state index >= 15 is 0 Å². The van der Waals surface area contributed by atoms with Crippen LogP contribution in [0.2, 0.25) is 0 Å². The van der Waals surface area contributed by atoms with Crippen LogP contribution in [-0.2, 0) is 9.59 Å². The summed E-state index contributed by atoms with van der Waals surface area (Å²) in [5.74, 6) is -1.41. The molecule has 0 fully saturated rings. The molecule has 0 saturated carbocycles. The minimum atomic E-state index is -1.14. The Morgan fingerprint density at radius 3 is 2.27 bits per heavy atom. The first kappa shape index (κ1) is 13.2. The molecule has 0 heterocycles. The average Bonchev–Trinajstić information content (AvgIpc) is 2.13.